The third-order valence-corrected chi connectivity index (χ3v) is 8.05. The Morgan fingerprint density at radius 2 is 1.39 bits per heavy atom. The van der Waals surface area contributed by atoms with Gasteiger partial charge >= 0.3 is 0 Å². The van der Waals surface area contributed by atoms with Crippen molar-refractivity contribution in [3.63, 3.8) is 0 Å². The van der Waals surface area contributed by atoms with E-state index in [1.54, 1.807) is 18.2 Å². The third kappa shape index (κ3) is 3.06. The van der Waals surface area contributed by atoms with Crippen LogP contribution in [-0.4, -0.2) is 28.0 Å². The van der Waals surface area contributed by atoms with Crippen LogP contribution < -0.4 is 0 Å². The van der Waals surface area contributed by atoms with Crippen LogP contribution in [0.15, 0.2) is 88.4 Å². The van der Waals surface area contributed by atoms with Gasteiger partial charge in [0.05, 0.1) is 23.0 Å². The number of amides is 2. The third-order valence-electron chi connectivity index (χ3n) is 8.05. The molecule has 186 valence electrons. The Labute approximate surface area is 217 Å². The van der Waals surface area contributed by atoms with Gasteiger partial charge in [-0.05, 0) is 46.9 Å². The van der Waals surface area contributed by atoms with Crippen LogP contribution in [0.4, 0.5) is 5.69 Å². The summed E-state index contributed by atoms with van der Waals surface area (Å²) in [6.45, 7) is 1.84. The van der Waals surface area contributed by atoms with Crippen molar-refractivity contribution in [3.8, 4) is 11.3 Å². The van der Waals surface area contributed by atoms with E-state index in [9.17, 15) is 19.7 Å². The molecule has 3 aliphatic carbocycles. The van der Waals surface area contributed by atoms with Crippen LogP contribution >= 0.6 is 0 Å². The number of nitrogens with zero attached hydrogens (tertiary/aromatic N) is 3. The Hall–Kier alpha value is -4.85. The first-order valence-corrected chi connectivity index (χ1v) is 12.4. The number of aryl methyl sites for hydroxylation is 1. The normalized spacial score (nSPS) is 23.0. The molecule has 0 unspecified atom stereocenters. The molecule has 1 aromatic heterocycles. The number of carbonyl (C=O) groups excluding carboxylic acids is 2. The predicted molar refractivity (Wildman–Crippen MR) is 139 cm³/mol. The zero-order valence-corrected chi connectivity index (χ0v) is 20.3. The Balaban J connectivity index is 1.22. The first kappa shape index (κ1) is 22.4. The minimum Gasteiger partial charge on any atom is -0.455 e. The lowest BCUT2D eigenvalue weighted by atomic mass is 9.55. The minimum atomic E-state index is -0.505. The summed E-state index contributed by atoms with van der Waals surface area (Å²) in [4.78, 5) is 38.0. The second kappa shape index (κ2) is 8.08. The number of furan rings is 1. The summed E-state index contributed by atoms with van der Waals surface area (Å²) < 4.78 is 5.87. The van der Waals surface area contributed by atoms with Crippen molar-refractivity contribution in [1.82, 2.24) is 5.01 Å². The molecular weight excluding hydrogens is 482 g/mol. The molecule has 1 fully saturated rings. The van der Waals surface area contributed by atoms with Crippen LogP contribution in [0.2, 0.25) is 0 Å². The van der Waals surface area contributed by atoms with E-state index in [2.05, 4.69) is 29.4 Å². The molecule has 0 saturated carbocycles. The highest BCUT2D eigenvalue weighted by Crippen LogP contribution is 2.60. The predicted octanol–water partition coefficient (Wildman–Crippen LogP) is 5.39. The van der Waals surface area contributed by atoms with Gasteiger partial charge in [-0.15, -0.1) is 0 Å². The van der Waals surface area contributed by atoms with Crippen LogP contribution in [0.3, 0.4) is 0 Å². The topological polar surface area (TPSA) is 106 Å². The highest BCUT2D eigenvalue weighted by atomic mass is 16.6. The average molecular weight is 504 g/mol. The van der Waals surface area contributed by atoms with Crippen molar-refractivity contribution in [1.29, 1.82) is 0 Å². The van der Waals surface area contributed by atoms with Crippen molar-refractivity contribution in [2.75, 3.05) is 0 Å². The van der Waals surface area contributed by atoms with Crippen LogP contribution in [-0.2, 0) is 9.59 Å². The summed E-state index contributed by atoms with van der Waals surface area (Å²) in [6, 6.07) is 24.1. The monoisotopic (exact) mass is 503 g/mol. The summed E-state index contributed by atoms with van der Waals surface area (Å²) >= 11 is 0. The molecule has 8 nitrogen and oxygen atoms in total. The first-order chi connectivity index (χ1) is 18.4. The van der Waals surface area contributed by atoms with E-state index in [0.29, 0.717) is 17.1 Å². The number of rotatable bonds is 4. The Kier molecular flexibility index (Phi) is 4.75. The molecule has 0 radical (unpaired) electrons. The lowest BCUT2D eigenvalue weighted by Gasteiger charge is -2.45. The lowest BCUT2D eigenvalue weighted by molar-refractivity contribution is -0.384. The van der Waals surface area contributed by atoms with Gasteiger partial charge in [0.15, 0.2) is 0 Å². The SMILES string of the molecule is Cc1ccc([N+](=O)[O-])cc1-c1ccc(/C=N\N2C(=O)[C@@H]3C4c5ccccc5C(c5ccccc54)[C@@H]3C2=O)o1. The fourth-order valence-corrected chi connectivity index (χ4v) is 6.45. The van der Waals surface area contributed by atoms with E-state index in [-0.39, 0.29) is 29.3 Å². The van der Waals surface area contributed by atoms with Gasteiger partial charge < -0.3 is 4.42 Å². The molecule has 1 aliphatic heterocycles. The van der Waals surface area contributed by atoms with E-state index in [1.165, 1.54) is 18.3 Å². The Bertz CT molecular complexity index is 1590. The van der Waals surface area contributed by atoms with E-state index in [4.69, 9.17) is 4.42 Å². The van der Waals surface area contributed by atoms with Crippen molar-refractivity contribution in [3.05, 3.63) is 123 Å². The molecule has 0 spiro atoms. The van der Waals surface area contributed by atoms with Gasteiger partial charge in [0.1, 0.15) is 11.5 Å². The molecule has 8 heteroatoms. The molecule has 0 N–H and O–H groups in total. The smallest absolute Gasteiger partial charge is 0.270 e. The van der Waals surface area contributed by atoms with E-state index in [0.717, 1.165) is 32.8 Å². The highest BCUT2D eigenvalue weighted by molar-refractivity contribution is 6.08. The molecule has 1 saturated heterocycles. The zero-order chi connectivity index (χ0) is 26.1. The highest BCUT2D eigenvalue weighted by Gasteiger charge is 2.61. The maximum absolute atomic E-state index is 13.7. The number of non-ortho nitro benzene ring substituents is 1. The van der Waals surface area contributed by atoms with Gasteiger partial charge in [-0.2, -0.15) is 10.1 Å². The Morgan fingerprint density at radius 1 is 0.842 bits per heavy atom. The Morgan fingerprint density at radius 3 is 1.92 bits per heavy atom. The number of carbonyl (C=O) groups is 2. The summed E-state index contributed by atoms with van der Waals surface area (Å²) in [6.07, 6.45) is 1.35. The number of nitro groups is 1. The average Bonchev–Trinajstić information content (AvgIpc) is 3.50. The lowest BCUT2D eigenvalue weighted by Crippen LogP contribution is -2.41. The second-order valence-corrected chi connectivity index (χ2v) is 9.96. The fourth-order valence-electron chi connectivity index (χ4n) is 6.45. The van der Waals surface area contributed by atoms with Crippen LogP contribution in [0.1, 0.15) is 45.4 Å². The van der Waals surface area contributed by atoms with Gasteiger partial charge in [-0.3, -0.25) is 19.7 Å². The molecule has 4 aromatic rings. The van der Waals surface area contributed by atoms with Crippen LogP contribution in [0, 0.1) is 28.9 Å². The number of nitro benzene ring substituents is 1. The number of hydrogen-bond acceptors (Lipinski definition) is 6. The van der Waals surface area contributed by atoms with Crippen molar-refractivity contribution >= 4 is 23.7 Å². The van der Waals surface area contributed by atoms with E-state index < -0.39 is 16.8 Å². The summed E-state index contributed by atoms with van der Waals surface area (Å²) in [7, 11) is 0. The summed E-state index contributed by atoms with van der Waals surface area (Å²) in [5.74, 6) is -1.25. The van der Waals surface area contributed by atoms with Crippen molar-refractivity contribution in [2.24, 2.45) is 16.9 Å². The standard InChI is InChI=1S/C30H21N3O5/c1-16-10-11-17(33(36)37)14-23(16)24-13-12-18(38-24)15-31-32-29(34)27-25-19-6-2-3-7-20(19)26(28(27)30(32)35)22-9-5-4-8-21(22)25/h2-15,25-28H,1H3/b31-15-/t25?,26?,27-,28+. The maximum atomic E-state index is 13.7. The molecular formula is C30H21N3O5. The minimum absolute atomic E-state index is 0.0373. The summed E-state index contributed by atoms with van der Waals surface area (Å²) in [5.41, 5.74) is 5.78. The molecule has 8 rings (SSSR count). The number of hydrazone groups is 1. The molecule has 2 atom stereocenters. The zero-order valence-electron chi connectivity index (χ0n) is 20.3. The van der Waals surface area contributed by atoms with Gasteiger partial charge in [0, 0.05) is 29.5 Å². The van der Waals surface area contributed by atoms with Crippen molar-refractivity contribution < 1.29 is 18.9 Å². The summed E-state index contributed by atoms with van der Waals surface area (Å²) in [5, 5.41) is 16.5. The van der Waals surface area contributed by atoms with Crippen molar-refractivity contribution in [2.45, 2.75) is 18.8 Å². The molecule has 38 heavy (non-hydrogen) atoms. The quantitative estimate of drug-likeness (QED) is 0.161. The van der Waals surface area contributed by atoms with Gasteiger partial charge in [-0.25, -0.2) is 0 Å². The van der Waals surface area contributed by atoms with Gasteiger partial charge in [0.25, 0.3) is 17.5 Å². The molecule has 2 bridgehead atoms. The van der Waals surface area contributed by atoms with E-state index >= 15 is 0 Å². The van der Waals surface area contributed by atoms with Gasteiger partial charge in [0.2, 0.25) is 0 Å². The molecule has 2 heterocycles. The van der Waals surface area contributed by atoms with Crippen LogP contribution in [0.5, 0.6) is 0 Å². The van der Waals surface area contributed by atoms with Crippen LogP contribution in [0.25, 0.3) is 11.3 Å². The van der Waals surface area contributed by atoms with Gasteiger partial charge in [-0.1, -0.05) is 54.6 Å². The maximum Gasteiger partial charge on any atom is 0.270 e. The number of hydrogen-bond donors (Lipinski definition) is 0. The molecule has 2 amide bonds. The first-order valence-electron chi connectivity index (χ1n) is 12.4. The number of imide groups is 1. The second-order valence-electron chi connectivity index (χ2n) is 9.96. The molecule has 3 aromatic carbocycles. The number of benzene rings is 3. The largest absolute Gasteiger partial charge is 0.455 e. The fraction of sp³-hybridized carbons (Fsp3) is 0.167. The molecule has 4 aliphatic rings. The van der Waals surface area contributed by atoms with E-state index in [1.807, 2.05) is 31.2 Å².